The number of Topliss-reactive ketones (excluding diaryl/α,β-unsaturated/α-hetero) is 1. The number of carbonyl (C=O) groups is 2. The second-order valence-corrected chi connectivity index (χ2v) is 1.79. The van der Waals surface area contributed by atoms with Crippen LogP contribution in [0.15, 0.2) is 0 Å². The predicted molar refractivity (Wildman–Crippen MR) is 34.0 cm³/mol. The first-order valence-corrected chi connectivity index (χ1v) is 2.54. The molecule has 5 nitrogen and oxygen atoms in total. The fourth-order valence-electron chi connectivity index (χ4n) is 0.342. The van der Waals surface area contributed by atoms with Crippen LogP contribution in [0.5, 0.6) is 0 Å². The molecule has 0 fully saturated rings. The van der Waals surface area contributed by atoms with Crippen LogP contribution in [0.1, 0.15) is 6.92 Å². The highest BCUT2D eigenvalue weighted by Gasteiger charge is 2.20. The average molecular weight is 144 g/mol. The number of aliphatic carboxylic acids is 1. The molecule has 0 rings (SSSR count). The molecule has 0 heterocycles. The van der Waals surface area contributed by atoms with E-state index in [4.69, 9.17) is 16.2 Å². The molecule has 56 valence electrons. The van der Waals surface area contributed by atoms with Crippen molar-refractivity contribution in [3.8, 4) is 0 Å². The van der Waals surface area contributed by atoms with E-state index >= 15 is 0 Å². The van der Waals surface area contributed by atoms with Gasteiger partial charge in [0, 0.05) is 6.92 Å². The summed E-state index contributed by atoms with van der Waals surface area (Å²) in [6.45, 7) is 1.10. The van der Waals surface area contributed by atoms with Crippen molar-refractivity contribution in [2.75, 3.05) is 0 Å². The third-order valence-corrected chi connectivity index (χ3v) is 0.956. The highest BCUT2D eigenvalue weighted by Crippen LogP contribution is 1.84. The van der Waals surface area contributed by atoms with Crippen molar-refractivity contribution in [3.63, 3.8) is 0 Å². The van der Waals surface area contributed by atoms with Crippen molar-refractivity contribution in [2.45, 2.75) is 13.0 Å². The van der Waals surface area contributed by atoms with E-state index in [1.54, 1.807) is 0 Å². The van der Waals surface area contributed by atoms with Gasteiger partial charge in [0.25, 0.3) is 0 Å². The topological polar surface area (TPSA) is 104 Å². The molecule has 0 bridgehead atoms. The maximum absolute atomic E-state index is 10.3. The zero-order valence-corrected chi connectivity index (χ0v) is 5.42. The third-order valence-electron chi connectivity index (χ3n) is 0.956. The van der Waals surface area contributed by atoms with Crippen LogP contribution in [0.3, 0.4) is 0 Å². The highest BCUT2D eigenvalue weighted by molar-refractivity contribution is 6.43. The van der Waals surface area contributed by atoms with Crippen molar-refractivity contribution < 1.29 is 14.7 Å². The average Bonchev–Trinajstić information content (AvgIpc) is 1.84. The Morgan fingerprint density at radius 3 is 2.10 bits per heavy atom. The van der Waals surface area contributed by atoms with Crippen molar-refractivity contribution >= 4 is 17.5 Å². The van der Waals surface area contributed by atoms with Crippen LogP contribution in [0.4, 0.5) is 0 Å². The summed E-state index contributed by atoms with van der Waals surface area (Å²) in [5, 5.41) is 15.0. The first kappa shape index (κ1) is 8.77. The number of carbonyl (C=O) groups excluding carboxylic acids is 1. The van der Waals surface area contributed by atoms with Crippen LogP contribution in [0.25, 0.3) is 0 Å². The van der Waals surface area contributed by atoms with Gasteiger partial charge in [-0.1, -0.05) is 0 Å². The van der Waals surface area contributed by atoms with Gasteiger partial charge in [-0.3, -0.25) is 15.0 Å². The molecule has 0 amide bonds. The Balaban J connectivity index is 4.22. The van der Waals surface area contributed by atoms with Gasteiger partial charge in [0.1, 0.15) is 11.8 Å². The molecular weight excluding hydrogens is 136 g/mol. The second-order valence-electron chi connectivity index (χ2n) is 1.79. The minimum Gasteiger partial charge on any atom is -0.480 e. The van der Waals surface area contributed by atoms with Gasteiger partial charge >= 0.3 is 5.97 Å². The Kier molecular flexibility index (Phi) is 2.69. The SMILES string of the molecule is CC(=O)C(=N)C(N)C(=O)O. The van der Waals surface area contributed by atoms with Crippen molar-refractivity contribution in [3.05, 3.63) is 0 Å². The zero-order chi connectivity index (χ0) is 8.31. The molecule has 1 atom stereocenters. The lowest BCUT2D eigenvalue weighted by Crippen LogP contribution is -2.41. The van der Waals surface area contributed by atoms with Crippen LogP contribution < -0.4 is 5.73 Å². The van der Waals surface area contributed by atoms with E-state index < -0.39 is 23.5 Å². The van der Waals surface area contributed by atoms with Gasteiger partial charge in [-0.2, -0.15) is 0 Å². The van der Waals surface area contributed by atoms with Crippen molar-refractivity contribution in [2.24, 2.45) is 5.73 Å². The van der Waals surface area contributed by atoms with Gasteiger partial charge in [-0.25, -0.2) is 0 Å². The maximum atomic E-state index is 10.3. The van der Waals surface area contributed by atoms with Crippen LogP contribution in [0.2, 0.25) is 0 Å². The molecule has 4 N–H and O–H groups in total. The number of carboxylic acids is 1. The number of carboxylic acid groups (broad SMARTS) is 1. The molecule has 0 aromatic heterocycles. The van der Waals surface area contributed by atoms with Gasteiger partial charge in [-0.15, -0.1) is 0 Å². The van der Waals surface area contributed by atoms with Gasteiger partial charge in [0.15, 0.2) is 5.78 Å². The monoisotopic (exact) mass is 144 g/mol. The maximum Gasteiger partial charge on any atom is 0.326 e. The summed E-state index contributed by atoms with van der Waals surface area (Å²) < 4.78 is 0. The zero-order valence-electron chi connectivity index (χ0n) is 5.42. The minimum atomic E-state index is -1.49. The molecule has 0 saturated carbocycles. The largest absolute Gasteiger partial charge is 0.480 e. The van der Waals surface area contributed by atoms with Crippen LogP contribution in [-0.4, -0.2) is 28.6 Å². The summed E-state index contributed by atoms with van der Waals surface area (Å²) in [5.41, 5.74) is 4.34. The molecule has 0 aliphatic rings. The number of nitrogens with two attached hydrogens (primary N) is 1. The van der Waals surface area contributed by atoms with E-state index in [9.17, 15) is 9.59 Å². The van der Waals surface area contributed by atoms with E-state index in [0.717, 1.165) is 6.92 Å². The Hall–Kier alpha value is -1.23. The lowest BCUT2D eigenvalue weighted by atomic mass is 10.1. The minimum absolute atomic E-state index is 0.576. The van der Waals surface area contributed by atoms with Crippen LogP contribution >= 0.6 is 0 Å². The summed E-state index contributed by atoms with van der Waals surface area (Å²) in [7, 11) is 0. The molecular formula is C5H8N2O3. The van der Waals surface area contributed by atoms with E-state index in [1.165, 1.54) is 0 Å². The van der Waals surface area contributed by atoms with Crippen LogP contribution in [-0.2, 0) is 9.59 Å². The van der Waals surface area contributed by atoms with Crippen LogP contribution in [0, 0.1) is 5.41 Å². The molecule has 0 aromatic rings. The van der Waals surface area contributed by atoms with E-state index in [0.29, 0.717) is 0 Å². The highest BCUT2D eigenvalue weighted by atomic mass is 16.4. The third kappa shape index (κ3) is 1.94. The van der Waals surface area contributed by atoms with E-state index in [2.05, 4.69) is 0 Å². The molecule has 0 aliphatic heterocycles. The summed E-state index contributed by atoms with van der Waals surface area (Å²) in [6.07, 6.45) is 0. The molecule has 5 heteroatoms. The molecule has 0 spiro atoms. The van der Waals surface area contributed by atoms with Gasteiger partial charge in [0.05, 0.1) is 0 Å². The Bertz CT molecular complexity index is 187. The summed E-state index contributed by atoms with van der Waals surface area (Å²) >= 11 is 0. The Labute approximate surface area is 57.3 Å². The molecule has 0 aromatic carbocycles. The lowest BCUT2D eigenvalue weighted by Gasteiger charge is -2.02. The first-order chi connectivity index (χ1) is 4.46. The first-order valence-electron chi connectivity index (χ1n) is 2.54. The lowest BCUT2D eigenvalue weighted by molar-refractivity contribution is -0.137. The van der Waals surface area contributed by atoms with Gasteiger partial charge in [0.2, 0.25) is 0 Å². The fourth-order valence-corrected chi connectivity index (χ4v) is 0.342. The van der Waals surface area contributed by atoms with Gasteiger partial charge < -0.3 is 10.8 Å². The van der Waals surface area contributed by atoms with Crippen molar-refractivity contribution in [1.82, 2.24) is 0 Å². The summed E-state index contributed by atoms with van der Waals surface area (Å²) in [5.74, 6) is -1.98. The number of hydrogen-bond donors (Lipinski definition) is 3. The molecule has 0 saturated heterocycles. The molecule has 10 heavy (non-hydrogen) atoms. The summed E-state index contributed by atoms with van der Waals surface area (Å²) in [6, 6.07) is -1.49. The second kappa shape index (κ2) is 3.07. The predicted octanol–water partition coefficient (Wildman–Crippen LogP) is -0.993. The smallest absolute Gasteiger partial charge is 0.326 e. The van der Waals surface area contributed by atoms with Crippen molar-refractivity contribution in [1.29, 1.82) is 5.41 Å². The Morgan fingerprint density at radius 1 is 1.60 bits per heavy atom. The fraction of sp³-hybridized carbons (Fsp3) is 0.400. The molecule has 0 aliphatic carbocycles. The Morgan fingerprint density at radius 2 is 2.00 bits per heavy atom. The number of nitrogens with one attached hydrogen (secondary N) is 1. The standard InChI is InChI=1S/C5H8N2O3/c1-2(8)3(6)4(7)5(9)10/h4,6H,7H2,1H3,(H,9,10). The molecule has 0 radical (unpaired) electrons. The van der Waals surface area contributed by atoms with E-state index in [1.807, 2.05) is 0 Å². The normalized spacial score (nSPS) is 12.2. The van der Waals surface area contributed by atoms with E-state index in [-0.39, 0.29) is 0 Å². The van der Waals surface area contributed by atoms with Gasteiger partial charge in [-0.05, 0) is 0 Å². The summed E-state index contributed by atoms with van der Waals surface area (Å²) in [4.78, 5) is 20.3. The number of hydrogen-bond acceptors (Lipinski definition) is 4. The number of ketones is 1. The number of rotatable bonds is 3. The molecule has 1 unspecified atom stereocenters. The quantitative estimate of drug-likeness (QED) is 0.442.